The second-order valence-electron chi connectivity index (χ2n) is 11.0. The minimum atomic E-state index is -0.626. The number of nitrogens with two attached hydrogens (primary N) is 1. The number of hydrogen-bond donors (Lipinski definition) is 6. The first kappa shape index (κ1) is 38.3. The fourth-order valence-electron chi connectivity index (χ4n) is 5.10. The number of aromatic nitrogens is 5. The highest BCUT2D eigenvalue weighted by Crippen LogP contribution is 2.26. The summed E-state index contributed by atoms with van der Waals surface area (Å²) in [6.45, 7) is 0.203. The number of nitro groups is 1. The lowest BCUT2D eigenvalue weighted by molar-refractivity contribution is -0.383. The molecule has 0 bridgehead atoms. The van der Waals surface area contributed by atoms with Crippen molar-refractivity contribution in [3.63, 3.8) is 0 Å². The van der Waals surface area contributed by atoms with Gasteiger partial charge in [-0.15, -0.1) is 24.8 Å². The van der Waals surface area contributed by atoms with Crippen molar-refractivity contribution in [2.24, 2.45) is 33.9 Å². The van der Waals surface area contributed by atoms with Crippen molar-refractivity contribution >= 4 is 88.1 Å². The summed E-state index contributed by atoms with van der Waals surface area (Å²) < 4.78 is 6.03. The molecule has 0 saturated heterocycles. The Bertz CT molecular complexity index is 2140. The molecule has 1 aromatic carbocycles. The van der Waals surface area contributed by atoms with Gasteiger partial charge in [0.25, 0.3) is 29.3 Å². The van der Waals surface area contributed by atoms with Crippen LogP contribution in [0.4, 0.5) is 22.7 Å². The van der Waals surface area contributed by atoms with Crippen LogP contribution >= 0.6 is 24.8 Å². The van der Waals surface area contributed by atoms with Gasteiger partial charge in [0.05, 0.1) is 33.3 Å². The van der Waals surface area contributed by atoms with Crippen molar-refractivity contribution < 1.29 is 24.1 Å². The van der Waals surface area contributed by atoms with Crippen LogP contribution in [0.25, 0.3) is 11.0 Å². The summed E-state index contributed by atoms with van der Waals surface area (Å²) in [6.07, 6.45) is 4.88. The van der Waals surface area contributed by atoms with Gasteiger partial charge in [0.2, 0.25) is 0 Å². The quantitative estimate of drug-likeness (QED) is 0.0509. The highest BCUT2D eigenvalue weighted by Gasteiger charge is 2.23. The van der Waals surface area contributed by atoms with E-state index >= 15 is 0 Å². The average Bonchev–Trinajstić information content (AvgIpc) is 3.77. The number of carbonyl (C=O) groups excluding carboxylic acids is 4. The number of non-ortho nitro benzene ring substituents is 1. The van der Waals surface area contributed by atoms with E-state index in [1.807, 2.05) is 0 Å². The van der Waals surface area contributed by atoms with Crippen LogP contribution in [0.1, 0.15) is 48.5 Å². The van der Waals surface area contributed by atoms with E-state index in [1.165, 1.54) is 50.2 Å². The molecule has 7 N–H and O–H groups in total. The molecule has 0 atom stereocenters. The van der Waals surface area contributed by atoms with Crippen molar-refractivity contribution in [1.82, 2.24) is 28.6 Å². The number of nitro benzene ring substituents is 1. The predicted molar refractivity (Wildman–Crippen MR) is 191 cm³/mol. The summed E-state index contributed by atoms with van der Waals surface area (Å²) in [5.41, 5.74) is 7.30. The normalized spacial score (nSPS) is 10.5. The predicted octanol–water partition coefficient (Wildman–Crippen LogP) is 3.15. The maximum absolute atomic E-state index is 13.2. The smallest absolute Gasteiger partial charge is 0.297 e. The zero-order valence-electron chi connectivity index (χ0n) is 27.1. The number of anilines is 3. The lowest BCUT2D eigenvalue weighted by Gasteiger charge is -2.04. The van der Waals surface area contributed by atoms with Gasteiger partial charge in [-0.1, -0.05) is 6.07 Å². The second-order valence-corrected chi connectivity index (χ2v) is 11.0. The molecule has 0 fully saturated rings. The Morgan fingerprint density at radius 1 is 0.800 bits per heavy atom. The van der Waals surface area contributed by atoms with Crippen molar-refractivity contribution in [3.8, 4) is 0 Å². The van der Waals surface area contributed by atoms with E-state index in [4.69, 9.17) is 11.1 Å². The number of amidine groups is 1. The van der Waals surface area contributed by atoms with Crippen LogP contribution in [0.5, 0.6) is 0 Å². The Labute approximate surface area is 296 Å². The number of imidazole rings is 1. The van der Waals surface area contributed by atoms with Crippen LogP contribution in [0.3, 0.4) is 0 Å². The van der Waals surface area contributed by atoms with Crippen LogP contribution in [-0.4, -0.2) is 64.2 Å². The Balaban J connectivity index is 0.00000338. The van der Waals surface area contributed by atoms with Gasteiger partial charge >= 0.3 is 0 Å². The van der Waals surface area contributed by atoms with E-state index in [9.17, 15) is 29.3 Å². The van der Waals surface area contributed by atoms with Crippen molar-refractivity contribution in [1.29, 1.82) is 5.41 Å². The van der Waals surface area contributed by atoms with Gasteiger partial charge in [-0.3, -0.25) is 34.7 Å². The first-order valence-electron chi connectivity index (χ1n) is 14.4. The standard InChI is InChI=1S/C30H32N12O6.2ClH/c1-38-13-16(10-21(38)27(43)33-9-8-24(31)32)34-28(44)22-11-17(14-39(22)2)35-29(45)23-12-18(15-40(23)3)36-30(46)26-37-25-19(41(26)4)6-5-7-20(25)42(47)48;;/h5-7,10-15H,8-9H2,1-4H3,(H3,31,32)(H,33,43)(H,34,44)(H,35,45)(H,36,46);2*1H. The van der Waals surface area contributed by atoms with Crippen molar-refractivity contribution in [2.45, 2.75) is 6.42 Å². The molecule has 0 spiro atoms. The molecule has 4 heterocycles. The molecule has 264 valence electrons. The van der Waals surface area contributed by atoms with E-state index in [-0.39, 0.29) is 83.6 Å². The molecular formula is C30H34Cl2N12O6. The fraction of sp³-hybridized carbons (Fsp3) is 0.200. The molecule has 4 amide bonds. The number of para-hydroxylation sites is 1. The van der Waals surface area contributed by atoms with E-state index in [0.717, 1.165) is 0 Å². The van der Waals surface area contributed by atoms with E-state index in [0.29, 0.717) is 22.6 Å². The Morgan fingerprint density at radius 3 is 1.72 bits per heavy atom. The third kappa shape index (κ3) is 7.93. The molecule has 0 saturated carbocycles. The number of nitrogens with zero attached hydrogens (tertiary/aromatic N) is 6. The largest absolute Gasteiger partial charge is 0.388 e. The molecule has 5 rings (SSSR count). The van der Waals surface area contributed by atoms with Gasteiger partial charge in [-0.05, 0) is 24.3 Å². The molecule has 20 heteroatoms. The van der Waals surface area contributed by atoms with Crippen LogP contribution in [0.2, 0.25) is 0 Å². The number of aryl methyl sites for hydroxylation is 4. The Kier molecular flexibility index (Phi) is 11.8. The van der Waals surface area contributed by atoms with Gasteiger partial charge < -0.3 is 45.3 Å². The number of nitrogens with one attached hydrogen (secondary N) is 5. The lowest BCUT2D eigenvalue weighted by Crippen LogP contribution is -2.28. The summed E-state index contributed by atoms with van der Waals surface area (Å²) in [4.78, 5) is 66.8. The summed E-state index contributed by atoms with van der Waals surface area (Å²) in [5.74, 6) is -2.11. The summed E-state index contributed by atoms with van der Waals surface area (Å²) in [5, 5.41) is 29.5. The zero-order chi connectivity index (χ0) is 34.9. The number of benzene rings is 1. The van der Waals surface area contributed by atoms with E-state index < -0.39 is 22.6 Å². The van der Waals surface area contributed by atoms with Crippen LogP contribution in [-0.2, 0) is 28.2 Å². The first-order chi connectivity index (χ1) is 22.7. The number of rotatable bonds is 11. The van der Waals surface area contributed by atoms with Gasteiger partial charge in [-0.25, -0.2) is 4.98 Å². The average molecular weight is 730 g/mol. The first-order valence-corrected chi connectivity index (χ1v) is 14.4. The second kappa shape index (κ2) is 15.4. The van der Waals surface area contributed by atoms with E-state index in [1.54, 1.807) is 51.2 Å². The third-order valence-electron chi connectivity index (χ3n) is 7.46. The zero-order valence-corrected chi connectivity index (χ0v) is 28.8. The van der Waals surface area contributed by atoms with Gasteiger partial charge in [0.1, 0.15) is 17.1 Å². The summed E-state index contributed by atoms with van der Waals surface area (Å²) in [6, 6.07) is 8.90. The third-order valence-corrected chi connectivity index (χ3v) is 7.46. The molecule has 0 aliphatic carbocycles. The molecule has 0 unspecified atom stereocenters. The molecule has 0 aliphatic heterocycles. The minimum absolute atomic E-state index is 0. The van der Waals surface area contributed by atoms with Crippen LogP contribution < -0.4 is 27.0 Å². The molecule has 0 aliphatic rings. The molecule has 5 aromatic rings. The fourth-order valence-corrected chi connectivity index (χ4v) is 5.10. The highest BCUT2D eigenvalue weighted by molar-refractivity contribution is 6.09. The maximum atomic E-state index is 13.2. The number of amides is 4. The van der Waals surface area contributed by atoms with Crippen molar-refractivity contribution in [3.05, 3.63) is 88.0 Å². The van der Waals surface area contributed by atoms with Gasteiger partial charge in [0, 0.05) is 65.8 Å². The molecule has 50 heavy (non-hydrogen) atoms. The number of halogens is 2. The highest BCUT2D eigenvalue weighted by atomic mass is 35.5. The Morgan fingerprint density at radius 2 is 1.26 bits per heavy atom. The SMILES string of the molecule is Cl.Cl.Cn1cc(NC(=O)c2cc(NC(=O)c3cc(NC(=O)c4nc5c([N+](=O)[O-])cccc5n4C)cn3C)cn2C)cc1C(=O)NCCC(=N)N. The van der Waals surface area contributed by atoms with Gasteiger partial charge in [0.15, 0.2) is 11.3 Å². The molecule has 18 nitrogen and oxygen atoms in total. The van der Waals surface area contributed by atoms with Crippen LogP contribution in [0.15, 0.2) is 55.0 Å². The van der Waals surface area contributed by atoms with E-state index in [2.05, 4.69) is 26.3 Å². The number of fused-ring (bicyclic) bond motifs is 1. The monoisotopic (exact) mass is 728 g/mol. The summed E-state index contributed by atoms with van der Waals surface area (Å²) >= 11 is 0. The number of hydrogen-bond acceptors (Lipinski definition) is 8. The maximum Gasteiger partial charge on any atom is 0.297 e. The van der Waals surface area contributed by atoms with Gasteiger partial charge in [-0.2, -0.15) is 0 Å². The lowest BCUT2D eigenvalue weighted by atomic mass is 10.3. The molecule has 0 radical (unpaired) electrons. The molecule has 4 aromatic heterocycles. The molecular weight excluding hydrogens is 695 g/mol. The Hall–Kier alpha value is -6.14. The summed E-state index contributed by atoms with van der Waals surface area (Å²) in [7, 11) is 6.47. The van der Waals surface area contributed by atoms with Crippen molar-refractivity contribution in [2.75, 3.05) is 22.5 Å². The topological polar surface area (TPSA) is 242 Å². The number of carbonyl (C=O) groups is 4. The van der Waals surface area contributed by atoms with Crippen LogP contribution in [0, 0.1) is 15.5 Å². The minimum Gasteiger partial charge on any atom is -0.388 e.